The molecule has 0 aliphatic carbocycles. The minimum atomic E-state index is 0.530. The molecule has 0 saturated heterocycles. The largest absolute Gasteiger partial charge is 0.0958 e. The fourth-order valence-corrected chi connectivity index (χ4v) is 1.62. The molecule has 0 nitrogen and oxygen atoms in total. The van der Waals surface area contributed by atoms with Crippen LogP contribution in [0.25, 0.3) is 0 Å². The van der Waals surface area contributed by atoms with Crippen LogP contribution in [0, 0.1) is 5.92 Å². The number of unbranched alkanes of at least 4 members (excludes halogenated alkanes) is 1. The van der Waals surface area contributed by atoms with E-state index in [1.54, 1.807) is 0 Å². The maximum Gasteiger partial charge on any atom is -0.0196 e. The van der Waals surface area contributed by atoms with Crippen LogP contribution in [0.5, 0.6) is 0 Å². The van der Waals surface area contributed by atoms with Crippen molar-refractivity contribution in [3.63, 3.8) is 0 Å². The van der Waals surface area contributed by atoms with Gasteiger partial charge in [0, 0.05) is 0 Å². The van der Waals surface area contributed by atoms with E-state index in [1.807, 2.05) is 18.2 Å². The van der Waals surface area contributed by atoms with Gasteiger partial charge in [0.25, 0.3) is 0 Å². The van der Waals surface area contributed by atoms with Crippen molar-refractivity contribution >= 4 is 0 Å². The SMILES string of the molecule is C=C(/C=C\C(=C)C(=C)/C=C\C(=C)C(C)CCCC)CC. The zero-order chi connectivity index (χ0) is 15.5. The van der Waals surface area contributed by atoms with Crippen LogP contribution in [0.15, 0.2) is 72.9 Å². The van der Waals surface area contributed by atoms with E-state index < -0.39 is 0 Å². The van der Waals surface area contributed by atoms with Crippen LogP contribution in [0.1, 0.15) is 46.5 Å². The zero-order valence-electron chi connectivity index (χ0n) is 13.5. The highest BCUT2D eigenvalue weighted by molar-refractivity contribution is 5.45. The first-order valence-corrected chi connectivity index (χ1v) is 7.53. The molecule has 0 rings (SSSR count). The van der Waals surface area contributed by atoms with Crippen molar-refractivity contribution in [2.75, 3.05) is 0 Å². The van der Waals surface area contributed by atoms with E-state index in [9.17, 15) is 0 Å². The van der Waals surface area contributed by atoms with Gasteiger partial charge in [0.05, 0.1) is 0 Å². The van der Waals surface area contributed by atoms with Crippen LogP contribution >= 0.6 is 0 Å². The Balaban J connectivity index is 4.41. The van der Waals surface area contributed by atoms with Crippen molar-refractivity contribution in [3.05, 3.63) is 72.9 Å². The first-order valence-electron chi connectivity index (χ1n) is 7.53. The number of allylic oxidation sites excluding steroid dienone is 8. The Hall–Kier alpha value is -1.56. The molecule has 0 radical (unpaired) electrons. The standard InChI is InChI=1S/C20H30/c1-8-10-11-17(4)19(6)14-15-20(7)18(5)13-12-16(3)9-2/h12-15,17H,3,5-11H2,1-2,4H3/b13-12-,15-14-. The van der Waals surface area contributed by atoms with E-state index in [0.29, 0.717) is 5.92 Å². The molecule has 0 saturated carbocycles. The Morgan fingerprint density at radius 1 is 0.900 bits per heavy atom. The summed E-state index contributed by atoms with van der Waals surface area (Å²) < 4.78 is 0. The monoisotopic (exact) mass is 270 g/mol. The second kappa shape index (κ2) is 10.3. The first-order chi connectivity index (χ1) is 9.42. The van der Waals surface area contributed by atoms with Crippen LogP contribution < -0.4 is 0 Å². The zero-order valence-corrected chi connectivity index (χ0v) is 13.5. The maximum atomic E-state index is 4.14. The minimum Gasteiger partial charge on any atom is -0.0958 e. The molecule has 20 heavy (non-hydrogen) atoms. The molecule has 0 fully saturated rings. The van der Waals surface area contributed by atoms with Gasteiger partial charge in [-0.25, -0.2) is 0 Å². The lowest BCUT2D eigenvalue weighted by Gasteiger charge is -2.10. The third-order valence-electron chi connectivity index (χ3n) is 3.51. The smallest absolute Gasteiger partial charge is 0.0196 e. The molecule has 0 N–H and O–H groups in total. The summed E-state index contributed by atoms with van der Waals surface area (Å²) in [6, 6.07) is 0. The number of rotatable bonds is 10. The van der Waals surface area contributed by atoms with Gasteiger partial charge in [0.2, 0.25) is 0 Å². The molecule has 0 heterocycles. The lowest BCUT2D eigenvalue weighted by atomic mass is 9.95. The van der Waals surface area contributed by atoms with Gasteiger partial charge in [-0.3, -0.25) is 0 Å². The van der Waals surface area contributed by atoms with Crippen LogP contribution in [-0.2, 0) is 0 Å². The summed E-state index contributed by atoms with van der Waals surface area (Å²) in [6.07, 6.45) is 12.7. The molecule has 0 amide bonds. The van der Waals surface area contributed by atoms with Crippen LogP contribution in [0.3, 0.4) is 0 Å². The molecule has 0 aromatic carbocycles. The maximum absolute atomic E-state index is 4.14. The molecular weight excluding hydrogens is 240 g/mol. The molecule has 110 valence electrons. The van der Waals surface area contributed by atoms with Crippen LogP contribution in [-0.4, -0.2) is 0 Å². The quantitative estimate of drug-likeness (QED) is 0.394. The van der Waals surface area contributed by atoms with Gasteiger partial charge >= 0.3 is 0 Å². The van der Waals surface area contributed by atoms with Crippen molar-refractivity contribution in [1.29, 1.82) is 0 Å². The summed E-state index contributed by atoms with van der Waals surface area (Å²) >= 11 is 0. The summed E-state index contributed by atoms with van der Waals surface area (Å²) in [5, 5.41) is 0. The number of hydrogen-bond acceptors (Lipinski definition) is 0. The Morgan fingerprint density at radius 3 is 1.95 bits per heavy atom. The van der Waals surface area contributed by atoms with E-state index in [1.165, 1.54) is 19.3 Å². The van der Waals surface area contributed by atoms with E-state index in [0.717, 1.165) is 28.7 Å². The highest BCUT2D eigenvalue weighted by Gasteiger charge is 2.03. The Kier molecular flexibility index (Phi) is 9.45. The van der Waals surface area contributed by atoms with Crippen LogP contribution in [0.2, 0.25) is 0 Å². The Labute approximate surface area is 126 Å². The van der Waals surface area contributed by atoms with E-state index >= 15 is 0 Å². The summed E-state index contributed by atoms with van der Waals surface area (Å²) in [6.45, 7) is 22.7. The van der Waals surface area contributed by atoms with E-state index in [2.05, 4.69) is 53.2 Å². The van der Waals surface area contributed by atoms with E-state index in [4.69, 9.17) is 0 Å². The van der Waals surface area contributed by atoms with E-state index in [-0.39, 0.29) is 0 Å². The van der Waals surface area contributed by atoms with Gasteiger partial charge in [-0.05, 0) is 29.9 Å². The normalized spacial score (nSPS) is 12.8. The van der Waals surface area contributed by atoms with Gasteiger partial charge in [0.1, 0.15) is 0 Å². The van der Waals surface area contributed by atoms with Crippen molar-refractivity contribution in [1.82, 2.24) is 0 Å². The molecular formula is C20H30. The molecule has 0 spiro atoms. The second-order valence-corrected chi connectivity index (χ2v) is 5.35. The van der Waals surface area contributed by atoms with Crippen molar-refractivity contribution < 1.29 is 0 Å². The minimum absolute atomic E-state index is 0.530. The lowest BCUT2D eigenvalue weighted by Crippen LogP contribution is -1.95. The fourth-order valence-electron chi connectivity index (χ4n) is 1.62. The third-order valence-corrected chi connectivity index (χ3v) is 3.51. The summed E-state index contributed by atoms with van der Waals surface area (Å²) in [5.41, 5.74) is 4.11. The predicted molar refractivity (Wildman–Crippen MR) is 93.8 cm³/mol. The molecule has 1 unspecified atom stereocenters. The van der Waals surface area contributed by atoms with Crippen molar-refractivity contribution in [2.45, 2.75) is 46.5 Å². The first kappa shape index (κ1) is 18.4. The molecule has 0 aromatic rings. The van der Waals surface area contributed by atoms with Gasteiger partial charge < -0.3 is 0 Å². The average molecular weight is 270 g/mol. The van der Waals surface area contributed by atoms with Gasteiger partial charge in [-0.1, -0.05) is 95.4 Å². The van der Waals surface area contributed by atoms with Gasteiger partial charge in [-0.15, -0.1) is 0 Å². The third kappa shape index (κ3) is 7.78. The number of hydrogen-bond donors (Lipinski definition) is 0. The molecule has 0 aromatic heterocycles. The molecule has 0 aliphatic heterocycles. The van der Waals surface area contributed by atoms with Crippen molar-refractivity contribution in [2.24, 2.45) is 5.92 Å². The van der Waals surface area contributed by atoms with Crippen molar-refractivity contribution in [3.8, 4) is 0 Å². The Bertz CT molecular complexity index is 415. The topological polar surface area (TPSA) is 0 Å². The Morgan fingerprint density at radius 2 is 1.45 bits per heavy atom. The van der Waals surface area contributed by atoms with Crippen LogP contribution in [0.4, 0.5) is 0 Å². The summed E-state index contributed by atoms with van der Waals surface area (Å²) in [7, 11) is 0. The molecule has 0 aliphatic rings. The predicted octanol–water partition coefficient (Wildman–Crippen LogP) is 6.56. The molecule has 0 bridgehead atoms. The highest BCUT2D eigenvalue weighted by Crippen LogP contribution is 2.19. The second-order valence-electron chi connectivity index (χ2n) is 5.35. The molecule has 1 atom stereocenters. The lowest BCUT2D eigenvalue weighted by molar-refractivity contribution is 0.582. The van der Waals surface area contributed by atoms with Gasteiger partial charge in [0.15, 0.2) is 0 Å². The molecule has 0 heteroatoms. The fraction of sp³-hybridized carbons (Fsp3) is 0.400. The summed E-state index contributed by atoms with van der Waals surface area (Å²) in [4.78, 5) is 0. The van der Waals surface area contributed by atoms with Gasteiger partial charge in [-0.2, -0.15) is 0 Å². The summed E-state index contributed by atoms with van der Waals surface area (Å²) in [5.74, 6) is 0.530. The highest BCUT2D eigenvalue weighted by atomic mass is 14.1. The average Bonchev–Trinajstić information content (AvgIpc) is 2.46.